The number of carbonyl (C=O) groups is 2. The van der Waals surface area contributed by atoms with E-state index in [1.54, 1.807) is 4.90 Å². The van der Waals surface area contributed by atoms with Gasteiger partial charge in [0.15, 0.2) is 0 Å². The predicted molar refractivity (Wildman–Crippen MR) is 84.4 cm³/mol. The third-order valence-electron chi connectivity index (χ3n) is 2.83. The van der Waals surface area contributed by atoms with E-state index < -0.39 is 0 Å². The molecule has 0 fully saturated rings. The van der Waals surface area contributed by atoms with Crippen molar-refractivity contribution in [2.45, 2.75) is 20.8 Å². The molecule has 0 saturated heterocycles. The lowest BCUT2D eigenvalue weighted by molar-refractivity contribution is -0.142. The molecule has 1 aromatic carbocycles. The van der Waals surface area contributed by atoms with Crippen LogP contribution in [0.25, 0.3) is 0 Å². The predicted octanol–water partition coefficient (Wildman–Crippen LogP) is 2.69. The number of carbonyl (C=O) groups excluding carboxylic acids is 2. The summed E-state index contributed by atoms with van der Waals surface area (Å²) in [6.45, 7) is 6.25. The minimum Gasteiger partial charge on any atom is -0.463 e. The van der Waals surface area contributed by atoms with Gasteiger partial charge in [0.1, 0.15) is 6.61 Å². The molecule has 0 unspecified atom stereocenters. The zero-order chi connectivity index (χ0) is 15.8. The Morgan fingerprint density at radius 3 is 2.48 bits per heavy atom. The van der Waals surface area contributed by atoms with Gasteiger partial charge in [-0.2, -0.15) is 0 Å². The molecule has 0 aromatic heterocycles. The van der Waals surface area contributed by atoms with E-state index in [1.165, 1.54) is 13.8 Å². The Labute approximate surface area is 133 Å². The van der Waals surface area contributed by atoms with Crippen molar-refractivity contribution >= 4 is 33.5 Å². The van der Waals surface area contributed by atoms with Gasteiger partial charge in [0, 0.05) is 30.6 Å². The lowest BCUT2D eigenvalue weighted by Crippen LogP contribution is -2.32. The van der Waals surface area contributed by atoms with Gasteiger partial charge in [-0.3, -0.25) is 9.59 Å². The number of anilines is 1. The molecule has 0 saturated carbocycles. The molecule has 0 N–H and O–H groups in total. The quantitative estimate of drug-likeness (QED) is 0.556. The van der Waals surface area contributed by atoms with E-state index >= 15 is 0 Å². The number of rotatable bonds is 7. The van der Waals surface area contributed by atoms with E-state index in [4.69, 9.17) is 9.47 Å². The standard InChI is InChI=1S/C15H20BrNO4/c1-11-10-14(4-5-15(11)16)17(12(2)18)6-7-20-8-9-21-13(3)19/h4-5,10H,6-9H2,1-3H3. The summed E-state index contributed by atoms with van der Waals surface area (Å²) in [6, 6.07) is 5.75. The zero-order valence-corrected chi connectivity index (χ0v) is 14.1. The number of benzene rings is 1. The number of nitrogens with zero attached hydrogens (tertiary/aromatic N) is 1. The Hall–Kier alpha value is -1.40. The van der Waals surface area contributed by atoms with Crippen molar-refractivity contribution in [3.63, 3.8) is 0 Å². The van der Waals surface area contributed by atoms with Crippen LogP contribution < -0.4 is 4.90 Å². The van der Waals surface area contributed by atoms with Gasteiger partial charge < -0.3 is 14.4 Å². The summed E-state index contributed by atoms with van der Waals surface area (Å²) in [4.78, 5) is 24.0. The molecule has 0 aliphatic heterocycles. The Kier molecular flexibility index (Phi) is 7.39. The highest BCUT2D eigenvalue weighted by molar-refractivity contribution is 9.10. The van der Waals surface area contributed by atoms with Crippen molar-refractivity contribution in [1.82, 2.24) is 0 Å². The molecule has 5 nitrogen and oxygen atoms in total. The van der Waals surface area contributed by atoms with Gasteiger partial charge in [-0.05, 0) is 30.7 Å². The first-order valence-corrected chi connectivity index (χ1v) is 7.46. The Morgan fingerprint density at radius 1 is 1.19 bits per heavy atom. The number of ether oxygens (including phenoxy) is 2. The van der Waals surface area contributed by atoms with Crippen LogP contribution >= 0.6 is 15.9 Å². The first-order chi connectivity index (χ1) is 9.91. The Morgan fingerprint density at radius 2 is 1.90 bits per heavy atom. The summed E-state index contributed by atoms with van der Waals surface area (Å²) < 4.78 is 11.1. The summed E-state index contributed by atoms with van der Waals surface area (Å²) in [7, 11) is 0. The van der Waals surface area contributed by atoms with Crippen LogP contribution in [-0.4, -0.2) is 38.2 Å². The van der Waals surface area contributed by atoms with Crippen molar-refractivity contribution in [1.29, 1.82) is 0 Å². The minimum atomic E-state index is -0.325. The largest absolute Gasteiger partial charge is 0.463 e. The molecular formula is C15H20BrNO4. The van der Waals surface area contributed by atoms with Gasteiger partial charge in [-0.15, -0.1) is 0 Å². The maximum Gasteiger partial charge on any atom is 0.302 e. The van der Waals surface area contributed by atoms with Crippen LogP contribution in [0.1, 0.15) is 19.4 Å². The van der Waals surface area contributed by atoms with Crippen LogP contribution in [0.4, 0.5) is 5.69 Å². The second kappa shape index (κ2) is 8.79. The van der Waals surface area contributed by atoms with Crippen LogP contribution in [0.3, 0.4) is 0 Å². The topological polar surface area (TPSA) is 55.8 Å². The monoisotopic (exact) mass is 357 g/mol. The average molecular weight is 358 g/mol. The van der Waals surface area contributed by atoms with E-state index in [0.29, 0.717) is 19.8 Å². The minimum absolute atomic E-state index is 0.0414. The molecule has 21 heavy (non-hydrogen) atoms. The summed E-state index contributed by atoms with van der Waals surface area (Å²) in [6.07, 6.45) is 0. The first kappa shape index (κ1) is 17.7. The molecule has 1 amide bonds. The van der Waals surface area contributed by atoms with E-state index in [-0.39, 0.29) is 18.5 Å². The average Bonchev–Trinajstić information content (AvgIpc) is 2.40. The summed E-state index contributed by atoms with van der Waals surface area (Å²) in [5.41, 5.74) is 1.90. The molecule has 0 heterocycles. The first-order valence-electron chi connectivity index (χ1n) is 6.67. The van der Waals surface area contributed by atoms with Crippen LogP contribution in [0.5, 0.6) is 0 Å². The lowest BCUT2D eigenvalue weighted by atomic mass is 10.2. The maximum absolute atomic E-state index is 11.7. The fourth-order valence-electron chi connectivity index (χ4n) is 1.77. The molecule has 0 aliphatic rings. The number of halogens is 1. The molecule has 1 aromatic rings. The number of hydrogen-bond donors (Lipinski definition) is 0. The fraction of sp³-hybridized carbons (Fsp3) is 0.467. The van der Waals surface area contributed by atoms with Gasteiger partial charge in [0.05, 0.1) is 13.2 Å². The second-order valence-electron chi connectivity index (χ2n) is 4.56. The van der Waals surface area contributed by atoms with Gasteiger partial charge in [0.25, 0.3) is 0 Å². The summed E-state index contributed by atoms with van der Waals surface area (Å²) >= 11 is 3.44. The lowest BCUT2D eigenvalue weighted by Gasteiger charge is -2.22. The molecule has 0 radical (unpaired) electrons. The fourth-order valence-corrected chi connectivity index (χ4v) is 2.01. The third kappa shape index (κ3) is 6.27. The highest BCUT2D eigenvalue weighted by Gasteiger charge is 2.12. The Bertz CT molecular complexity index is 504. The van der Waals surface area contributed by atoms with Crippen molar-refractivity contribution in [2.24, 2.45) is 0 Å². The third-order valence-corrected chi connectivity index (χ3v) is 3.72. The van der Waals surface area contributed by atoms with Crippen molar-refractivity contribution in [2.75, 3.05) is 31.3 Å². The van der Waals surface area contributed by atoms with Gasteiger partial charge >= 0.3 is 5.97 Å². The van der Waals surface area contributed by atoms with Gasteiger partial charge in [0.2, 0.25) is 5.91 Å². The van der Waals surface area contributed by atoms with Crippen LogP contribution in [0.15, 0.2) is 22.7 Å². The molecule has 116 valence electrons. The smallest absolute Gasteiger partial charge is 0.302 e. The molecule has 6 heteroatoms. The van der Waals surface area contributed by atoms with E-state index in [9.17, 15) is 9.59 Å². The summed E-state index contributed by atoms with van der Waals surface area (Å²) in [5, 5.41) is 0. The Balaban J connectivity index is 2.49. The number of amides is 1. The molecule has 0 bridgehead atoms. The van der Waals surface area contributed by atoms with E-state index in [0.717, 1.165) is 15.7 Å². The van der Waals surface area contributed by atoms with Crippen LogP contribution in [0.2, 0.25) is 0 Å². The van der Waals surface area contributed by atoms with E-state index in [1.807, 2.05) is 25.1 Å². The maximum atomic E-state index is 11.7. The van der Waals surface area contributed by atoms with Crippen LogP contribution in [0, 0.1) is 6.92 Å². The highest BCUT2D eigenvalue weighted by Crippen LogP contribution is 2.23. The SMILES string of the molecule is CC(=O)OCCOCCN(C(C)=O)c1ccc(Br)c(C)c1. The van der Waals surface area contributed by atoms with Gasteiger partial charge in [-0.25, -0.2) is 0 Å². The van der Waals surface area contributed by atoms with Crippen LogP contribution in [-0.2, 0) is 19.1 Å². The van der Waals surface area contributed by atoms with Gasteiger partial charge in [-0.1, -0.05) is 15.9 Å². The number of esters is 1. The summed E-state index contributed by atoms with van der Waals surface area (Å²) in [5.74, 6) is -0.366. The number of hydrogen-bond acceptors (Lipinski definition) is 4. The molecule has 0 atom stereocenters. The highest BCUT2D eigenvalue weighted by atomic mass is 79.9. The molecule has 0 spiro atoms. The normalized spacial score (nSPS) is 10.3. The molecular weight excluding hydrogens is 338 g/mol. The van der Waals surface area contributed by atoms with Crippen molar-refractivity contribution in [3.8, 4) is 0 Å². The van der Waals surface area contributed by atoms with E-state index in [2.05, 4.69) is 15.9 Å². The second-order valence-corrected chi connectivity index (χ2v) is 5.41. The number of aryl methyl sites for hydroxylation is 1. The molecule has 0 aliphatic carbocycles. The van der Waals surface area contributed by atoms with Crippen molar-refractivity contribution in [3.05, 3.63) is 28.2 Å². The zero-order valence-electron chi connectivity index (χ0n) is 12.5. The molecule has 1 rings (SSSR count). The van der Waals surface area contributed by atoms with Crippen molar-refractivity contribution < 1.29 is 19.1 Å².